The molecule has 2 heterocycles. The quantitative estimate of drug-likeness (QED) is 0.800. The van der Waals surface area contributed by atoms with Crippen LogP contribution in [-0.2, 0) is 4.79 Å². The average molecular weight is 368 g/mol. The van der Waals surface area contributed by atoms with Gasteiger partial charge < -0.3 is 20.2 Å². The van der Waals surface area contributed by atoms with Crippen LogP contribution in [0.2, 0.25) is 0 Å². The molecule has 1 atom stereocenters. The molecule has 2 N–H and O–H groups in total. The maximum atomic E-state index is 12.2. The van der Waals surface area contributed by atoms with Gasteiger partial charge in [-0.2, -0.15) is 0 Å². The Morgan fingerprint density at radius 1 is 1.28 bits per heavy atom. The summed E-state index contributed by atoms with van der Waals surface area (Å²) in [6.45, 7) is 5.23. The van der Waals surface area contributed by atoms with Crippen LogP contribution in [0.15, 0.2) is 30.3 Å². The fourth-order valence-corrected chi connectivity index (χ4v) is 3.63. The Labute approximate surface area is 156 Å². The molecule has 2 aliphatic rings. The molecule has 0 aromatic heterocycles. The Morgan fingerprint density at radius 2 is 1.92 bits per heavy atom. The summed E-state index contributed by atoms with van der Waals surface area (Å²) in [5.41, 5.74) is 0.985. The van der Waals surface area contributed by atoms with E-state index in [2.05, 4.69) is 10.2 Å². The molecule has 2 aliphatic heterocycles. The second kappa shape index (κ2) is 9.53. The highest BCUT2D eigenvalue weighted by Crippen LogP contribution is 2.22. The molecule has 1 unspecified atom stereocenters. The third-order valence-electron chi connectivity index (χ3n) is 5.36. The van der Waals surface area contributed by atoms with Gasteiger partial charge in [-0.05, 0) is 37.4 Å². The summed E-state index contributed by atoms with van der Waals surface area (Å²) in [6, 6.07) is 9.87. The molecule has 1 aromatic carbocycles. The summed E-state index contributed by atoms with van der Waals surface area (Å²) < 4.78 is 0. The Balaban J connectivity index is 0.00000225. The number of halogens is 1. The normalized spacial score (nSPS) is 20.4. The van der Waals surface area contributed by atoms with Crippen molar-refractivity contribution in [3.05, 3.63) is 35.9 Å². The highest BCUT2D eigenvalue weighted by Gasteiger charge is 2.29. The van der Waals surface area contributed by atoms with Gasteiger partial charge >= 0.3 is 0 Å². The van der Waals surface area contributed by atoms with Crippen molar-refractivity contribution in [1.82, 2.24) is 15.1 Å². The maximum absolute atomic E-state index is 12.2. The SMILES string of the molecule is CN(CC1CCN(CC(O)c2ccccc2)CC1)C(=O)C1CNC1.Cl. The Bertz CT molecular complexity index is 531. The number of rotatable bonds is 6. The van der Waals surface area contributed by atoms with Crippen molar-refractivity contribution in [2.24, 2.45) is 11.8 Å². The lowest BCUT2D eigenvalue weighted by Crippen LogP contribution is -2.52. The van der Waals surface area contributed by atoms with Crippen LogP contribution in [0.1, 0.15) is 24.5 Å². The number of hydrogen-bond donors (Lipinski definition) is 2. The summed E-state index contributed by atoms with van der Waals surface area (Å²) in [5, 5.41) is 13.5. The molecule has 0 aliphatic carbocycles. The van der Waals surface area contributed by atoms with E-state index in [0.717, 1.165) is 51.1 Å². The number of hydrogen-bond acceptors (Lipinski definition) is 4. The molecule has 2 fully saturated rings. The van der Waals surface area contributed by atoms with Crippen molar-refractivity contribution in [2.75, 3.05) is 46.3 Å². The van der Waals surface area contributed by atoms with Gasteiger partial charge in [0.1, 0.15) is 0 Å². The van der Waals surface area contributed by atoms with Crippen molar-refractivity contribution in [3.63, 3.8) is 0 Å². The van der Waals surface area contributed by atoms with E-state index in [4.69, 9.17) is 0 Å². The van der Waals surface area contributed by atoms with Gasteiger partial charge in [0.25, 0.3) is 0 Å². The van der Waals surface area contributed by atoms with Crippen LogP contribution in [0.5, 0.6) is 0 Å². The Morgan fingerprint density at radius 3 is 2.48 bits per heavy atom. The molecular formula is C19H30ClN3O2. The van der Waals surface area contributed by atoms with Crippen LogP contribution in [0, 0.1) is 11.8 Å². The molecule has 0 radical (unpaired) electrons. The smallest absolute Gasteiger partial charge is 0.228 e. The molecular weight excluding hydrogens is 338 g/mol. The van der Waals surface area contributed by atoms with E-state index in [1.54, 1.807) is 0 Å². The summed E-state index contributed by atoms with van der Waals surface area (Å²) in [7, 11) is 1.94. The van der Waals surface area contributed by atoms with Gasteiger partial charge in [-0.15, -0.1) is 12.4 Å². The summed E-state index contributed by atoms with van der Waals surface area (Å²) in [5.74, 6) is 1.06. The summed E-state index contributed by atoms with van der Waals surface area (Å²) >= 11 is 0. The second-order valence-electron chi connectivity index (χ2n) is 7.24. The molecule has 3 rings (SSSR count). The predicted molar refractivity (Wildman–Crippen MR) is 102 cm³/mol. The highest BCUT2D eigenvalue weighted by molar-refractivity contribution is 5.85. The lowest BCUT2D eigenvalue weighted by molar-refractivity contribution is -0.136. The van der Waals surface area contributed by atoms with Crippen molar-refractivity contribution in [1.29, 1.82) is 0 Å². The number of nitrogens with one attached hydrogen (secondary N) is 1. The molecule has 140 valence electrons. The van der Waals surface area contributed by atoms with E-state index >= 15 is 0 Å². The predicted octanol–water partition coefficient (Wildman–Crippen LogP) is 1.53. The van der Waals surface area contributed by atoms with Crippen molar-refractivity contribution < 1.29 is 9.90 Å². The third kappa shape index (κ3) is 5.42. The van der Waals surface area contributed by atoms with Crippen LogP contribution < -0.4 is 5.32 Å². The molecule has 5 nitrogen and oxygen atoms in total. The van der Waals surface area contributed by atoms with Gasteiger partial charge in [-0.3, -0.25) is 4.79 Å². The number of piperidine rings is 1. The van der Waals surface area contributed by atoms with Gasteiger partial charge in [0.05, 0.1) is 12.0 Å². The van der Waals surface area contributed by atoms with E-state index in [0.29, 0.717) is 12.5 Å². The minimum Gasteiger partial charge on any atom is -0.387 e. The molecule has 0 bridgehead atoms. The van der Waals surface area contributed by atoms with Crippen molar-refractivity contribution >= 4 is 18.3 Å². The number of nitrogens with zero attached hydrogens (tertiary/aromatic N) is 2. The van der Waals surface area contributed by atoms with Crippen LogP contribution in [-0.4, -0.2) is 67.1 Å². The van der Waals surface area contributed by atoms with Gasteiger partial charge in [0.15, 0.2) is 0 Å². The van der Waals surface area contributed by atoms with Crippen LogP contribution in [0.3, 0.4) is 0 Å². The lowest BCUT2D eigenvalue weighted by atomic mass is 9.94. The maximum Gasteiger partial charge on any atom is 0.228 e. The first-order chi connectivity index (χ1) is 11.6. The number of aliphatic hydroxyl groups is 1. The molecule has 2 saturated heterocycles. The standard InChI is InChI=1S/C19H29N3O2.ClH/c1-21(19(24)17-11-20-12-17)13-15-7-9-22(10-8-15)14-18(23)16-5-3-2-4-6-16;/h2-6,15,17-18,20,23H,7-14H2,1H3;1H. The number of amides is 1. The van der Waals surface area contributed by atoms with E-state index in [1.807, 2.05) is 42.3 Å². The number of benzene rings is 1. The van der Waals surface area contributed by atoms with Crippen molar-refractivity contribution in [2.45, 2.75) is 18.9 Å². The topological polar surface area (TPSA) is 55.8 Å². The van der Waals surface area contributed by atoms with Crippen molar-refractivity contribution in [3.8, 4) is 0 Å². The zero-order valence-corrected chi connectivity index (χ0v) is 15.8. The number of carbonyl (C=O) groups is 1. The summed E-state index contributed by atoms with van der Waals surface area (Å²) in [4.78, 5) is 16.5. The molecule has 1 aromatic rings. The molecule has 25 heavy (non-hydrogen) atoms. The van der Waals surface area contributed by atoms with Gasteiger partial charge in [-0.25, -0.2) is 0 Å². The second-order valence-corrected chi connectivity index (χ2v) is 7.24. The zero-order valence-electron chi connectivity index (χ0n) is 14.9. The molecule has 0 spiro atoms. The first-order valence-electron chi connectivity index (χ1n) is 9.04. The first-order valence-corrected chi connectivity index (χ1v) is 9.04. The van der Waals surface area contributed by atoms with Gasteiger partial charge in [0.2, 0.25) is 5.91 Å². The van der Waals surface area contributed by atoms with E-state index in [-0.39, 0.29) is 24.2 Å². The number of likely N-dealkylation sites (tertiary alicyclic amines) is 1. The van der Waals surface area contributed by atoms with Gasteiger partial charge in [0, 0.05) is 33.2 Å². The first kappa shape index (κ1) is 20.2. The van der Waals surface area contributed by atoms with Crippen LogP contribution in [0.4, 0.5) is 0 Å². The number of carbonyl (C=O) groups excluding carboxylic acids is 1. The minimum atomic E-state index is -0.418. The molecule has 1 amide bonds. The average Bonchev–Trinajstić information content (AvgIpc) is 2.55. The number of aliphatic hydroxyl groups excluding tert-OH is 1. The van der Waals surface area contributed by atoms with E-state index < -0.39 is 6.10 Å². The van der Waals surface area contributed by atoms with Crippen LogP contribution in [0.25, 0.3) is 0 Å². The Kier molecular flexibility index (Phi) is 7.69. The lowest BCUT2D eigenvalue weighted by Gasteiger charge is -2.36. The minimum absolute atomic E-state index is 0. The number of β-amino-alcohol motifs (C(OH)–C–C–N with tert-alkyl or cyclic N) is 1. The fourth-order valence-electron chi connectivity index (χ4n) is 3.63. The zero-order chi connectivity index (χ0) is 16.9. The third-order valence-corrected chi connectivity index (χ3v) is 5.36. The molecule has 0 saturated carbocycles. The van der Waals surface area contributed by atoms with Gasteiger partial charge in [-0.1, -0.05) is 30.3 Å². The largest absolute Gasteiger partial charge is 0.387 e. The highest BCUT2D eigenvalue weighted by atomic mass is 35.5. The Hall–Kier alpha value is -1.14. The van der Waals surface area contributed by atoms with E-state index in [9.17, 15) is 9.90 Å². The van der Waals surface area contributed by atoms with E-state index in [1.165, 1.54) is 0 Å². The molecule has 6 heteroatoms. The monoisotopic (exact) mass is 367 g/mol. The van der Waals surface area contributed by atoms with Crippen LogP contribution >= 0.6 is 12.4 Å². The summed E-state index contributed by atoms with van der Waals surface area (Å²) in [6.07, 6.45) is 1.78. The fraction of sp³-hybridized carbons (Fsp3) is 0.632.